The molecule has 28 heavy (non-hydrogen) atoms. The van der Waals surface area contributed by atoms with Gasteiger partial charge < -0.3 is 10.2 Å². The normalized spacial score (nSPS) is 20.5. The van der Waals surface area contributed by atoms with Crippen molar-refractivity contribution in [3.8, 4) is 0 Å². The SMILES string of the molecule is C=C1C=C(CC(=O)Nc2cccc3nc(C(=O)N(CC)CC)cn23)CC2CC12. The molecular formula is C22H26N4O2. The molecule has 2 aliphatic rings. The highest BCUT2D eigenvalue weighted by Gasteiger charge is 2.41. The summed E-state index contributed by atoms with van der Waals surface area (Å²) in [5, 5.41) is 2.97. The number of pyridine rings is 1. The van der Waals surface area contributed by atoms with Crippen LogP contribution in [0.5, 0.6) is 0 Å². The van der Waals surface area contributed by atoms with Crippen molar-refractivity contribution in [2.45, 2.75) is 33.1 Å². The lowest BCUT2D eigenvalue weighted by Gasteiger charge is -2.16. The minimum absolute atomic E-state index is 0.0593. The number of nitrogens with zero attached hydrogens (tertiary/aromatic N) is 3. The Balaban J connectivity index is 1.51. The van der Waals surface area contributed by atoms with E-state index in [0.717, 1.165) is 17.6 Å². The Kier molecular flexibility index (Phi) is 4.79. The summed E-state index contributed by atoms with van der Waals surface area (Å²) in [6, 6.07) is 5.49. The van der Waals surface area contributed by atoms with Crippen molar-refractivity contribution in [2.24, 2.45) is 11.8 Å². The molecule has 1 fully saturated rings. The van der Waals surface area contributed by atoms with Crippen LogP contribution in [-0.2, 0) is 4.79 Å². The molecule has 146 valence electrons. The minimum Gasteiger partial charge on any atom is -0.338 e. The van der Waals surface area contributed by atoms with Crippen LogP contribution in [0.25, 0.3) is 5.65 Å². The maximum atomic E-state index is 12.6. The standard InChI is InChI=1S/C22H26N4O2/c1-4-25(5-2)22(28)18-13-26-19(23-18)7-6-8-20(26)24-21(27)11-15-9-14(3)17-12-16(17)10-15/h6-9,13,16-17H,3-5,10-12H2,1-2H3,(H,24,27). The summed E-state index contributed by atoms with van der Waals surface area (Å²) < 4.78 is 1.76. The van der Waals surface area contributed by atoms with Gasteiger partial charge in [0.25, 0.3) is 5.91 Å². The summed E-state index contributed by atoms with van der Waals surface area (Å²) in [6.07, 6.45) is 6.36. The first-order chi connectivity index (χ1) is 13.5. The van der Waals surface area contributed by atoms with Gasteiger partial charge in [-0.15, -0.1) is 0 Å². The average molecular weight is 378 g/mol. The number of carbonyl (C=O) groups is 2. The van der Waals surface area contributed by atoms with Gasteiger partial charge in [-0.1, -0.05) is 29.9 Å². The molecule has 2 aromatic heterocycles. The second-order valence-electron chi connectivity index (χ2n) is 7.65. The van der Waals surface area contributed by atoms with Crippen molar-refractivity contribution in [1.82, 2.24) is 14.3 Å². The number of allylic oxidation sites excluding steroid dienone is 2. The van der Waals surface area contributed by atoms with Crippen LogP contribution in [0, 0.1) is 11.8 Å². The summed E-state index contributed by atoms with van der Waals surface area (Å²) in [5.74, 6) is 1.79. The lowest BCUT2D eigenvalue weighted by atomic mass is 9.94. The van der Waals surface area contributed by atoms with Gasteiger partial charge >= 0.3 is 0 Å². The molecule has 4 rings (SSSR count). The highest BCUT2D eigenvalue weighted by atomic mass is 16.2. The Morgan fingerprint density at radius 3 is 2.82 bits per heavy atom. The molecule has 2 aliphatic carbocycles. The fourth-order valence-electron chi connectivity index (χ4n) is 4.10. The molecular weight excluding hydrogens is 352 g/mol. The number of rotatable bonds is 6. The predicted molar refractivity (Wildman–Crippen MR) is 109 cm³/mol. The molecule has 2 heterocycles. The summed E-state index contributed by atoms with van der Waals surface area (Å²) in [5.41, 5.74) is 3.34. The molecule has 2 atom stereocenters. The Labute approximate surface area is 164 Å². The van der Waals surface area contributed by atoms with Gasteiger partial charge in [0.05, 0.1) is 0 Å². The van der Waals surface area contributed by atoms with E-state index in [2.05, 4.69) is 23.0 Å². The van der Waals surface area contributed by atoms with E-state index < -0.39 is 0 Å². The maximum absolute atomic E-state index is 12.6. The van der Waals surface area contributed by atoms with E-state index >= 15 is 0 Å². The fraction of sp³-hybridized carbons (Fsp3) is 0.409. The number of hydrogen-bond acceptors (Lipinski definition) is 3. The van der Waals surface area contributed by atoms with Crippen molar-refractivity contribution < 1.29 is 9.59 Å². The van der Waals surface area contributed by atoms with E-state index in [1.807, 2.05) is 32.0 Å². The summed E-state index contributed by atoms with van der Waals surface area (Å²) >= 11 is 0. The van der Waals surface area contributed by atoms with Gasteiger partial charge in [0.2, 0.25) is 5.91 Å². The van der Waals surface area contributed by atoms with Crippen LogP contribution in [0.4, 0.5) is 5.82 Å². The van der Waals surface area contributed by atoms with Crippen LogP contribution in [-0.4, -0.2) is 39.2 Å². The van der Waals surface area contributed by atoms with Gasteiger partial charge in [-0.05, 0) is 50.7 Å². The highest BCUT2D eigenvalue weighted by molar-refractivity contribution is 5.94. The maximum Gasteiger partial charge on any atom is 0.274 e. The molecule has 0 spiro atoms. The smallest absolute Gasteiger partial charge is 0.274 e. The number of fused-ring (bicyclic) bond motifs is 2. The topological polar surface area (TPSA) is 66.7 Å². The Morgan fingerprint density at radius 2 is 2.11 bits per heavy atom. The molecule has 2 amide bonds. The third kappa shape index (κ3) is 3.46. The van der Waals surface area contributed by atoms with Crippen LogP contribution in [0.15, 0.2) is 48.2 Å². The number of amides is 2. The number of nitrogens with one attached hydrogen (secondary N) is 1. The van der Waals surface area contributed by atoms with E-state index in [-0.39, 0.29) is 11.8 Å². The molecule has 6 heteroatoms. The monoisotopic (exact) mass is 378 g/mol. The Morgan fingerprint density at radius 1 is 1.32 bits per heavy atom. The minimum atomic E-state index is -0.101. The highest BCUT2D eigenvalue weighted by Crippen LogP contribution is 2.51. The summed E-state index contributed by atoms with van der Waals surface area (Å²) in [7, 11) is 0. The van der Waals surface area contributed by atoms with Crippen LogP contribution < -0.4 is 5.32 Å². The molecule has 1 N–H and O–H groups in total. The van der Waals surface area contributed by atoms with E-state index in [1.54, 1.807) is 15.5 Å². The molecule has 0 radical (unpaired) electrons. The van der Waals surface area contributed by atoms with Crippen LogP contribution >= 0.6 is 0 Å². The van der Waals surface area contributed by atoms with Crippen molar-refractivity contribution in [3.05, 3.63) is 53.9 Å². The number of carbonyl (C=O) groups excluding carboxylic acids is 2. The van der Waals surface area contributed by atoms with E-state index in [9.17, 15) is 9.59 Å². The predicted octanol–water partition coefficient (Wildman–Crippen LogP) is 3.67. The van der Waals surface area contributed by atoms with E-state index in [4.69, 9.17) is 0 Å². The van der Waals surface area contributed by atoms with Crippen molar-refractivity contribution in [2.75, 3.05) is 18.4 Å². The number of imidazole rings is 1. The average Bonchev–Trinajstić information content (AvgIpc) is 3.31. The molecule has 0 aliphatic heterocycles. The van der Waals surface area contributed by atoms with Crippen LogP contribution in [0.1, 0.15) is 43.6 Å². The van der Waals surface area contributed by atoms with Gasteiger partial charge in [0, 0.05) is 25.7 Å². The van der Waals surface area contributed by atoms with Crippen molar-refractivity contribution >= 4 is 23.3 Å². The molecule has 2 aromatic rings. The number of anilines is 1. The Bertz CT molecular complexity index is 984. The number of aromatic nitrogens is 2. The van der Waals surface area contributed by atoms with Gasteiger partial charge in [0.1, 0.15) is 17.2 Å². The van der Waals surface area contributed by atoms with Gasteiger partial charge in [-0.3, -0.25) is 14.0 Å². The third-order valence-electron chi connectivity index (χ3n) is 5.73. The van der Waals surface area contributed by atoms with Crippen molar-refractivity contribution in [1.29, 1.82) is 0 Å². The zero-order chi connectivity index (χ0) is 19.8. The quantitative estimate of drug-likeness (QED) is 0.834. The second kappa shape index (κ2) is 7.26. The van der Waals surface area contributed by atoms with Gasteiger partial charge in [-0.2, -0.15) is 0 Å². The van der Waals surface area contributed by atoms with E-state index in [0.29, 0.717) is 48.5 Å². The largest absolute Gasteiger partial charge is 0.338 e. The first kappa shape index (κ1) is 18.5. The van der Waals surface area contributed by atoms with E-state index in [1.165, 1.54) is 6.42 Å². The lowest BCUT2D eigenvalue weighted by molar-refractivity contribution is -0.115. The van der Waals surface area contributed by atoms with Crippen LogP contribution in [0.2, 0.25) is 0 Å². The first-order valence-corrected chi connectivity index (χ1v) is 9.95. The second-order valence-corrected chi connectivity index (χ2v) is 7.65. The summed E-state index contributed by atoms with van der Waals surface area (Å²) in [6.45, 7) is 9.27. The molecule has 0 bridgehead atoms. The number of hydrogen-bond donors (Lipinski definition) is 1. The molecule has 6 nitrogen and oxygen atoms in total. The molecule has 0 aromatic carbocycles. The van der Waals surface area contributed by atoms with Crippen LogP contribution in [0.3, 0.4) is 0 Å². The van der Waals surface area contributed by atoms with Gasteiger partial charge in [-0.25, -0.2) is 4.98 Å². The third-order valence-corrected chi connectivity index (χ3v) is 5.73. The first-order valence-electron chi connectivity index (χ1n) is 9.95. The molecule has 0 saturated heterocycles. The van der Waals surface area contributed by atoms with Crippen molar-refractivity contribution in [3.63, 3.8) is 0 Å². The molecule has 1 saturated carbocycles. The fourth-order valence-corrected chi connectivity index (χ4v) is 4.10. The lowest BCUT2D eigenvalue weighted by Crippen LogP contribution is -2.30. The zero-order valence-electron chi connectivity index (χ0n) is 16.4. The summed E-state index contributed by atoms with van der Waals surface area (Å²) in [4.78, 5) is 31.4. The zero-order valence-corrected chi connectivity index (χ0v) is 16.4. The van der Waals surface area contributed by atoms with Gasteiger partial charge in [0.15, 0.2) is 0 Å². The Hall–Kier alpha value is -2.89. The molecule has 2 unspecified atom stereocenters.